The minimum atomic E-state index is -0.936. The molecular formula is C12H18FNO3. The second-order valence-corrected chi connectivity index (χ2v) is 5.85. The zero-order chi connectivity index (χ0) is 12.2. The van der Waals surface area contributed by atoms with Crippen molar-refractivity contribution >= 4 is 5.91 Å². The van der Waals surface area contributed by atoms with E-state index in [0.29, 0.717) is 26.2 Å². The summed E-state index contributed by atoms with van der Waals surface area (Å²) in [4.78, 5) is 14.0. The molecule has 0 aromatic heterocycles. The number of fused-ring (bicyclic) bond motifs is 1. The highest BCUT2D eigenvalue weighted by Gasteiger charge is 2.52. The second kappa shape index (κ2) is 3.65. The van der Waals surface area contributed by atoms with Gasteiger partial charge in [-0.3, -0.25) is 4.79 Å². The van der Waals surface area contributed by atoms with E-state index in [1.54, 1.807) is 4.90 Å². The summed E-state index contributed by atoms with van der Waals surface area (Å²) in [6.07, 6.45) is -0.608. The Labute approximate surface area is 100 Å². The number of nitrogens with zero attached hydrogens (tertiary/aromatic N) is 1. The molecule has 96 valence electrons. The first-order valence-electron chi connectivity index (χ1n) is 6.18. The molecule has 1 amide bonds. The molecule has 0 radical (unpaired) electrons. The summed E-state index contributed by atoms with van der Waals surface area (Å²) in [5.74, 6) is -0.473. The van der Waals surface area contributed by atoms with E-state index in [0.717, 1.165) is 0 Å². The zero-order valence-corrected chi connectivity index (χ0v) is 10.2. The Bertz CT molecular complexity index is 347. The van der Waals surface area contributed by atoms with E-state index >= 15 is 0 Å². The molecule has 5 heteroatoms. The Kier molecular flexibility index (Phi) is 2.45. The lowest BCUT2D eigenvalue weighted by Gasteiger charge is -2.45. The summed E-state index contributed by atoms with van der Waals surface area (Å²) in [5, 5.41) is 0. The number of ether oxygens (including phenoxy) is 2. The third kappa shape index (κ3) is 1.95. The molecule has 2 saturated heterocycles. The fourth-order valence-electron chi connectivity index (χ4n) is 2.78. The number of carbonyl (C=O) groups is 1. The normalized spacial score (nSPS) is 43.4. The molecule has 4 nitrogen and oxygen atoms in total. The molecule has 3 fully saturated rings. The van der Waals surface area contributed by atoms with E-state index in [4.69, 9.17) is 9.47 Å². The van der Waals surface area contributed by atoms with Gasteiger partial charge in [-0.25, -0.2) is 4.39 Å². The number of amides is 1. The van der Waals surface area contributed by atoms with Gasteiger partial charge in [-0.15, -0.1) is 0 Å². The zero-order valence-electron chi connectivity index (χ0n) is 10.2. The monoisotopic (exact) mass is 243 g/mol. The van der Waals surface area contributed by atoms with E-state index in [-0.39, 0.29) is 23.7 Å². The van der Waals surface area contributed by atoms with Crippen LogP contribution in [-0.2, 0) is 14.3 Å². The third-order valence-electron chi connectivity index (χ3n) is 3.73. The number of alkyl halides is 1. The summed E-state index contributed by atoms with van der Waals surface area (Å²) in [7, 11) is 0. The van der Waals surface area contributed by atoms with Crippen molar-refractivity contribution in [1.29, 1.82) is 0 Å². The van der Waals surface area contributed by atoms with Crippen molar-refractivity contribution in [1.82, 2.24) is 4.90 Å². The van der Waals surface area contributed by atoms with Crippen LogP contribution in [-0.4, -0.2) is 54.5 Å². The number of morpholine rings is 1. The lowest BCUT2D eigenvalue weighted by atomic mass is 10.0. The number of hydrogen-bond donors (Lipinski definition) is 0. The smallest absolute Gasteiger partial charge is 0.229 e. The molecule has 3 aliphatic rings. The first kappa shape index (κ1) is 11.4. The summed E-state index contributed by atoms with van der Waals surface area (Å²) in [6, 6.07) is -0.0247. The average molecular weight is 243 g/mol. The number of halogens is 1. The predicted molar refractivity (Wildman–Crippen MR) is 58.3 cm³/mol. The van der Waals surface area contributed by atoms with Crippen molar-refractivity contribution in [2.24, 2.45) is 5.92 Å². The SMILES string of the molecule is CC1(C)CN(C(=O)C2CC2F)[C@@H]2COC[C@H]2O1. The van der Waals surface area contributed by atoms with Gasteiger partial charge < -0.3 is 14.4 Å². The first-order chi connectivity index (χ1) is 7.98. The van der Waals surface area contributed by atoms with Crippen molar-refractivity contribution in [2.45, 2.75) is 44.2 Å². The number of carbonyl (C=O) groups excluding carboxylic acids is 1. The Morgan fingerprint density at radius 3 is 2.76 bits per heavy atom. The van der Waals surface area contributed by atoms with Crippen molar-refractivity contribution in [3.63, 3.8) is 0 Å². The maximum atomic E-state index is 13.0. The Morgan fingerprint density at radius 2 is 2.12 bits per heavy atom. The van der Waals surface area contributed by atoms with Crippen LogP contribution in [0.15, 0.2) is 0 Å². The highest BCUT2D eigenvalue weighted by Crippen LogP contribution is 2.38. The van der Waals surface area contributed by atoms with Crippen molar-refractivity contribution < 1.29 is 18.7 Å². The summed E-state index contributed by atoms with van der Waals surface area (Å²) in [6.45, 7) is 5.49. The van der Waals surface area contributed by atoms with Gasteiger partial charge in [-0.2, -0.15) is 0 Å². The molecule has 0 bridgehead atoms. The molecule has 0 N–H and O–H groups in total. The minimum Gasteiger partial charge on any atom is -0.376 e. The summed E-state index contributed by atoms with van der Waals surface area (Å²) in [5.41, 5.74) is -0.370. The van der Waals surface area contributed by atoms with Gasteiger partial charge in [0, 0.05) is 6.54 Å². The quantitative estimate of drug-likeness (QED) is 0.682. The maximum absolute atomic E-state index is 13.0. The van der Waals surface area contributed by atoms with Crippen LogP contribution in [0, 0.1) is 5.92 Å². The van der Waals surface area contributed by atoms with Gasteiger partial charge in [0.2, 0.25) is 5.91 Å². The van der Waals surface area contributed by atoms with Gasteiger partial charge in [0.15, 0.2) is 0 Å². The molecule has 2 unspecified atom stereocenters. The molecule has 2 aliphatic heterocycles. The Balaban J connectivity index is 1.78. The van der Waals surface area contributed by atoms with Gasteiger partial charge in [-0.05, 0) is 20.3 Å². The molecule has 4 atom stereocenters. The fraction of sp³-hybridized carbons (Fsp3) is 0.917. The Morgan fingerprint density at radius 1 is 1.41 bits per heavy atom. The summed E-state index contributed by atoms with van der Waals surface area (Å²) >= 11 is 0. The highest BCUT2D eigenvalue weighted by molar-refractivity contribution is 5.82. The molecule has 3 rings (SSSR count). The number of hydrogen-bond acceptors (Lipinski definition) is 3. The van der Waals surface area contributed by atoms with Crippen LogP contribution in [0.2, 0.25) is 0 Å². The van der Waals surface area contributed by atoms with Gasteiger partial charge in [0.05, 0.1) is 30.8 Å². The van der Waals surface area contributed by atoms with Crippen LogP contribution in [0.4, 0.5) is 4.39 Å². The average Bonchev–Trinajstić information content (AvgIpc) is 2.79. The molecule has 1 saturated carbocycles. The van der Waals surface area contributed by atoms with Crippen LogP contribution >= 0.6 is 0 Å². The van der Waals surface area contributed by atoms with E-state index < -0.39 is 12.1 Å². The van der Waals surface area contributed by atoms with Crippen LogP contribution < -0.4 is 0 Å². The van der Waals surface area contributed by atoms with Crippen molar-refractivity contribution in [3.05, 3.63) is 0 Å². The van der Waals surface area contributed by atoms with Gasteiger partial charge in [0.1, 0.15) is 12.3 Å². The van der Waals surface area contributed by atoms with E-state index in [9.17, 15) is 9.18 Å². The maximum Gasteiger partial charge on any atom is 0.229 e. The highest BCUT2D eigenvalue weighted by atomic mass is 19.1. The van der Waals surface area contributed by atoms with Crippen LogP contribution in [0.5, 0.6) is 0 Å². The minimum absolute atomic E-state index is 0.0247. The molecule has 1 aliphatic carbocycles. The van der Waals surface area contributed by atoms with Gasteiger partial charge >= 0.3 is 0 Å². The molecule has 0 spiro atoms. The van der Waals surface area contributed by atoms with E-state index in [2.05, 4.69) is 0 Å². The fourth-order valence-corrected chi connectivity index (χ4v) is 2.78. The molecule has 2 heterocycles. The number of rotatable bonds is 1. The predicted octanol–water partition coefficient (Wildman–Crippen LogP) is 0.749. The lowest BCUT2D eigenvalue weighted by molar-refractivity contribution is -0.170. The first-order valence-corrected chi connectivity index (χ1v) is 6.18. The molecule has 0 aromatic rings. The van der Waals surface area contributed by atoms with Gasteiger partial charge in [0.25, 0.3) is 0 Å². The topological polar surface area (TPSA) is 38.8 Å². The largest absolute Gasteiger partial charge is 0.376 e. The standard InChI is InChI=1S/C12H18FNO3/c1-12(2)6-14(11(15)7-3-8(7)13)9-4-16-5-10(9)17-12/h7-10H,3-6H2,1-2H3/t7?,8?,9-,10-/m1/s1. The van der Waals surface area contributed by atoms with Crippen LogP contribution in [0.1, 0.15) is 20.3 Å². The van der Waals surface area contributed by atoms with Gasteiger partial charge in [-0.1, -0.05) is 0 Å². The van der Waals surface area contributed by atoms with Crippen LogP contribution in [0.3, 0.4) is 0 Å². The molecule has 0 aromatic carbocycles. The molecule has 17 heavy (non-hydrogen) atoms. The van der Waals surface area contributed by atoms with Crippen LogP contribution in [0.25, 0.3) is 0 Å². The van der Waals surface area contributed by atoms with Crippen molar-refractivity contribution in [2.75, 3.05) is 19.8 Å². The van der Waals surface area contributed by atoms with Crippen molar-refractivity contribution in [3.8, 4) is 0 Å². The van der Waals surface area contributed by atoms with E-state index in [1.165, 1.54) is 0 Å². The lowest BCUT2D eigenvalue weighted by Crippen LogP contribution is -2.60. The Hall–Kier alpha value is -0.680. The van der Waals surface area contributed by atoms with E-state index in [1.807, 2.05) is 13.8 Å². The summed E-state index contributed by atoms with van der Waals surface area (Å²) < 4.78 is 24.3. The third-order valence-corrected chi connectivity index (χ3v) is 3.73. The molecular weight excluding hydrogens is 225 g/mol. The second-order valence-electron chi connectivity index (χ2n) is 5.85.